The molecule has 2 fully saturated rings. The monoisotopic (exact) mass is 605 g/mol. The van der Waals surface area contributed by atoms with E-state index in [0.29, 0.717) is 35.6 Å². The summed E-state index contributed by atoms with van der Waals surface area (Å²) in [7, 11) is 0. The number of aromatic nitrogens is 2. The van der Waals surface area contributed by atoms with Gasteiger partial charge in [-0.3, -0.25) is 15.0 Å². The van der Waals surface area contributed by atoms with E-state index in [-0.39, 0.29) is 36.1 Å². The molecule has 1 aliphatic carbocycles. The molecule has 4 rings (SSSR count). The summed E-state index contributed by atoms with van der Waals surface area (Å²) in [5.74, 6) is -3.38. The largest absolute Gasteiger partial charge is 0.488 e. The van der Waals surface area contributed by atoms with Gasteiger partial charge in [-0.15, -0.1) is 0 Å². The number of anilines is 2. The SMILES string of the molecule is CCCC(CC)N(C(=O)Nc1cc(OCC(=S)[C@H]2COC(C)(C)O2)ccn1)c1nc(C(=O)NC2CC2(F)F)ccc1C. The Hall–Kier alpha value is -3.29. The molecule has 1 aliphatic heterocycles. The van der Waals surface area contributed by atoms with Crippen LogP contribution in [-0.4, -0.2) is 69.9 Å². The fourth-order valence-electron chi connectivity index (χ4n) is 4.61. The van der Waals surface area contributed by atoms with Crippen molar-refractivity contribution in [3.05, 3.63) is 41.7 Å². The molecule has 0 spiro atoms. The van der Waals surface area contributed by atoms with Crippen molar-refractivity contribution < 1.29 is 32.6 Å². The van der Waals surface area contributed by atoms with Gasteiger partial charge in [-0.1, -0.05) is 38.6 Å². The van der Waals surface area contributed by atoms with Crippen LogP contribution in [-0.2, 0) is 9.47 Å². The van der Waals surface area contributed by atoms with Gasteiger partial charge in [-0.25, -0.2) is 23.5 Å². The lowest BCUT2D eigenvalue weighted by molar-refractivity contribution is -0.131. The van der Waals surface area contributed by atoms with Crippen molar-refractivity contribution in [3.8, 4) is 5.75 Å². The smallest absolute Gasteiger partial charge is 0.328 e. The summed E-state index contributed by atoms with van der Waals surface area (Å²) >= 11 is 5.46. The van der Waals surface area contributed by atoms with E-state index < -0.39 is 36.1 Å². The molecule has 1 saturated heterocycles. The van der Waals surface area contributed by atoms with Crippen LogP contribution in [0.4, 0.5) is 25.2 Å². The zero-order valence-electron chi connectivity index (χ0n) is 24.4. The molecular formula is C29H37F2N5O5S. The summed E-state index contributed by atoms with van der Waals surface area (Å²) in [6.07, 6.45) is 2.83. The third-order valence-electron chi connectivity index (χ3n) is 7.05. The Kier molecular flexibility index (Phi) is 9.74. The quantitative estimate of drug-likeness (QED) is 0.308. The fourth-order valence-corrected chi connectivity index (χ4v) is 4.78. The first kappa shape index (κ1) is 31.6. The summed E-state index contributed by atoms with van der Waals surface area (Å²) in [6.45, 7) is 9.84. The van der Waals surface area contributed by atoms with Crippen molar-refractivity contribution in [3.63, 3.8) is 0 Å². The summed E-state index contributed by atoms with van der Waals surface area (Å²) in [5, 5.41) is 5.13. The number of urea groups is 1. The highest BCUT2D eigenvalue weighted by atomic mass is 32.1. The number of nitrogens with one attached hydrogen (secondary N) is 2. The van der Waals surface area contributed by atoms with Gasteiger partial charge in [0.1, 0.15) is 35.8 Å². The first-order chi connectivity index (χ1) is 19.8. The Balaban J connectivity index is 1.50. The van der Waals surface area contributed by atoms with E-state index in [9.17, 15) is 18.4 Å². The van der Waals surface area contributed by atoms with Gasteiger partial charge in [0.15, 0.2) is 5.79 Å². The zero-order valence-corrected chi connectivity index (χ0v) is 25.2. The highest BCUT2D eigenvalue weighted by Crippen LogP contribution is 2.41. The molecule has 2 aliphatic rings. The number of hydrogen-bond acceptors (Lipinski definition) is 8. The maximum atomic E-state index is 13.7. The normalized spacial score (nSPS) is 20.8. The number of halogens is 2. The first-order valence-corrected chi connectivity index (χ1v) is 14.4. The number of carbonyl (C=O) groups excluding carboxylic acids is 2. The third kappa shape index (κ3) is 7.75. The van der Waals surface area contributed by atoms with Crippen LogP contribution in [0.2, 0.25) is 0 Å². The Morgan fingerprint density at radius 3 is 2.62 bits per heavy atom. The second kappa shape index (κ2) is 12.9. The van der Waals surface area contributed by atoms with Crippen LogP contribution < -0.4 is 20.3 Å². The van der Waals surface area contributed by atoms with E-state index in [1.54, 1.807) is 25.1 Å². The summed E-state index contributed by atoms with van der Waals surface area (Å²) < 4.78 is 43.9. The topological polar surface area (TPSA) is 115 Å². The molecule has 2 N–H and O–H groups in total. The number of thiocarbonyl (C=S) groups is 1. The van der Waals surface area contributed by atoms with Crippen LogP contribution in [0, 0.1) is 6.92 Å². The molecule has 228 valence electrons. The molecule has 2 aromatic rings. The molecule has 0 radical (unpaired) electrons. The number of aryl methyl sites for hydroxylation is 1. The predicted octanol–water partition coefficient (Wildman–Crippen LogP) is 5.44. The van der Waals surface area contributed by atoms with Crippen LogP contribution >= 0.6 is 12.2 Å². The van der Waals surface area contributed by atoms with Crippen LogP contribution in [0.15, 0.2) is 30.5 Å². The number of alkyl halides is 2. The van der Waals surface area contributed by atoms with Gasteiger partial charge in [0.25, 0.3) is 11.8 Å². The Bertz CT molecular complexity index is 1330. The van der Waals surface area contributed by atoms with Crippen LogP contribution in [0.3, 0.4) is 0 Å². The minimum atomic E-state index is -2.91. The number of carbonyl (C=O) groups is 2. The molecule has 1 saturated carbocycles. The molecule has 0 bridgehead atoms. The molecule has 2 unspecified atom stereocenters. The number of rotatable bonds is 12. The van der Waals surface area contributed by atoms with Gasteiger partial charge in [-0.2, -0.15) is 0 Å². The van der Waals surface area contributed by atoms with Gasteiger partial charge < -0.3 is 19.5 Å². The van der Waals surface area contributed by atoms with E-state index in [1.807, 2.05) is 27.7 Å². The minimum Gasteiger partial charge on any atom is -0.488 e. The number of amides is 3. The molecular weight excluding hydrogens is 568 g/mol. The minimum absolute atomic E-state index is 0.0491. The van der Waals surface area contributed by atoms with E-state index in [1.165, 1.54) is 17.2 Å². The van der Waals surface area contributed by atoms with Crippen molar-refractivity contribution >= 4 is 40.7 Å². The van der Waals surface area contributed by atoms with Crippen molar-refractivity contribution in [1.82, 2.24) is 15.3 Å². The van der Waals surface area contributed by atoms with E-state index in [0.717, 1.165) is 6.42 Å². The van der Waals surface area contributed by atoms with Gasteiger partial charge in [0.2, 0.25) is 0 Å². The predicted molar refractivity (Wildman–Crippen MR) is 158 cm³/mol. The van der Waals surface area contributed by atoms with Crippen molar-refractivity contribution in [1.29, 1.82) is 0 Å². The lowest BCUT2D eigenvalue weighted by atomic mass is 10.1. The number of ether oxygens (including phenoxy) is 3. The highest BCUT2D eigenvalue weighted by Gasteiger charge is 2.58. The lowest BCUT2D eigenvalue weighted by Gasteiger charge is -2.31. The maximum Gasteiger partial charge on any atom is 0.328 e. The summed E-state index contributed by atoms with van der Waals surface area (Å²) in [6, 6.07) is 4.38. The number of nitrogens with zero attached hydrogens (tertiary/aromatic N) is 3. The molecule has 13 heteroatoms. The lowest BCUT2D eigenvalue weighted by Crippen LogP contribution is -2.44. The molecule has 3 heterocycles. The Morgan fingerprint density at radius 2 is 2.00 bits per heavy atom. The zero-order chi connectivity index (χ0) is 30.7. The van der Waals surface area contributed by atoms with Crippen molar-refractivity contribution in [2.45, 2.75) is 90.2 Å². The van der Waals surface area contributed by atoms with Crippen LogP contribution in [0.1, 0.15) is 69.4 Å². The summed E-state index contributed by atoms with van der Waals surface area (Å²) in [5.41, 5.74) is 0.597. The molecule has 42 heavy (non-hydrogen) atoms. The molecule has 2 aromatic heterocycles. The number of hydrogen-bond donors (Lipinski definition) is 2. The van der Waals surface area contributed by atoms with Crippen LogP contribution in [0.25, 0.3) is 0 Å². The van der Waals surface area contributed by atoms with E-state index in [4.69, 9.17) is 26.4 Å². The van der Waals surface area contributed by atoms with E-state index >= 15 is 0 Å². The number of pyridine rings is 2. The highest BCUT2D eigenvalue weighted by molar-refractivity contribution is 7.80. The second-order valence-electron chi connectivity index (χ2n) is 10.9. The van der Waals surface area contributed by atoms with Crippen molar-refractivity contribution in [2.75, 3.05) is 23.4 Å². The maximum absolute atomic E-state index is 13.7. The fraction of sp³-hybridized carbons (Fsp3) is 0.552. The van der Waals surface area contributed by atoms with Gasteiger partial charge in [-0.05, 0) is 51.3 Å². The second-order valence-corrected chi connectivity index (χ2v) is 11.5. The molecule has 3 amide bonds. The standard InChI is InChI=1S/C29H37F2N5O5S/c1-6-8-18(7-2)36(25-17(3)9-10-20(33-25)26(37)34-23-14-29(23,30)31)27(38)35-24-13-19(11-12-32-24)39-16-22(42)21-15-40-28(4,5)41-21/h9-13,18,21,23H,6-8,14-16H2,1-5H3,(H,34,37)(H,32,35,38)/t18?,21-,23?/m1/s1. The molecule has 0 aromatic carbocycles. The average Bonchev–Trinajstić information content (AvgIpc) is 3.36. The van der Waals surface area contributed by atoms with Gasteiger partial charge in [0, 0.05) is 24.7 Å². The average molecular weight is 606 g/mol. The van der Waals surface area contributed by atoms with Crippen molar-refractivity contribution in [2.24, 2.45) is 0 Å². The first-order valence-electron chi connectivity index (χ1n) is 14.0. The Labute approximate surface area is 249 Å². The third-order valence-corrected chi connectivity index (χ3v) is 7.44. The van der Waals surface area contributed by atoms with Crippen LogP contribution in [0.5, 0.6) is 5.75 Å². The molecule has 3 atom stereocenters. The summed E-state index contributed by atoms with van der Waals surface area (Å²) in [4.78, 5) is 37.2. The van der Waals surface area contributed by atoms with E-state index in [2.05, 4.69) is 20.6 Å². The molecule has 10 nitrogen and oxygen atoms in total. The van der Waals surface area contributed by atoms with Gasteiger partial charge >= 0.3 is 6.03 Å². The Morgan fingerprint density at radius 1 is 1.26 bits per heavy atom. The van der Waals surface area contributed by atoms with Gasteiger partial charge in [0.05, 0.1) is 17.5 Å².